The number of nitrogens with zero attached hydrogens (tertiary/aromatic N) is 1. The van der Waals surface area contributed by atoms with Crippen LogP contribution in [0.5, 0.6) is 11.5 Å². The number of ether oxygens (including phenoxy) is 2. The smallest absolute Gasteiger partial charge is 0.415 e. The molecule has 0 fully saturated rings. The molecule has 0 bridgehead atoms. The van der Waals surface area contributed by atoms with Crippen molar-refractivity contribution < 1.29 is 19.1 Å². The molecule has 0 aliphatic heterocycles. The molecule has 0 saturated heterocycles. The maximum Gasteiger partial charge on any atom is 0.415 e. The Balaban J connectivity index is 2.44. The number of hydrogen-bond acceptors (Lipinski definition) is 4. The highest BCUT2D eigenvalue weighted by Crippen LogP contribution is 2.37. The molecular weight excluding hydrogens is 414 g/mol. The second-order valence-corrected chi connectivity index (χ2v) is 10.2. The molecule has 0 aromatic heterocycles. The van der Waals surface area contributed by atoms with E-state index in [2.05, 4.69) is 27.7 Å². The van der Waals surface area contributed by atoms with E-state index in [4.69, 9.17) is 9.47 Å². The van der Waals surface area contributed by atoms with Crippen LogP contribution < -0.4 is 9.47 Å². The predicted molar refractivity (Wildman–Crippen MR) is 133 cm³/mol. The maximum absolute atomic E-state index is 13.0. The van der Waals surface area contributed by atoms with Crippen molar-refractivity contribution in [2.75, 3.05) is 0 Å². The topological polar surface area (TPSA) is 55.8 Å². The van der Waals surface area contributed by atoms with Crippen LogP contribution in [0, 0.1) is 6.92 Å². The third-order valence-corrected chi connectivity index (χ3v) is 5.55. The predicted octanol–water partition coefficient (Wildman–Crippen LogP) is 7.08. The van der Waals surface area contributed by atoms with Crippen LogP contribution >= 0.6 is 0 Å². The third kappa shape index (κ3) is 6.83. The van der Waals surface area contributed by atoms with Crippen LogP contribution in [0.25, 0.3) is 0 Å². The maximum atomic E-state index is 13.0. The summed E-state index contributed by atoms with van der Waals surface area (Å²) in [5.41, 5.74) is 3.20. The van der Waals surface area contributed by atoms with Gasteiger partial charge in [-0.15, -0.1) is 0 Å². The highest BCUT2D eigenvalue weighted by Gasteiger charge is 2.27. The molecule has 180 valence electrons. The van der Waals surface area contributed by atoms with Gasteiger partial charge in [0.2, 0.25) is 0 Å². The van der Waals surface area contributed by atoms with Gasteiger partial charge in [-0.1, -0.05) is 52.3 Å². The molecule has 0 saturated carbocycles. The summed E-state index contributed by atoms with van der Waals surface area (Å²) < 4.78 is 11.6. The summed E-state index contributed by atoms with van der Waals surface area (Å²) in [7, 11) is 0. The zero-order chi connectivity index (χ0) is 24.9. The van der Waals surface area contributed by atoms with E-state index in [-0.39, 0.29) is 29.0 Å². The number of carbonyl (C=O) groups is 2. The molecule has 5 heteroatoms. The number of hydrogen-bond donors (Lipinski definition) is 0. The molecule has 33 heavy (non-hydrogen) atoms. The fraction of sp³-hybridized carbons (Fsp3) is 0.500. The van der Waals surface area contributed by atoms with Crippen LogP contribution in [0.1, 0.15) is 88.9 Å². The van der Waals surface area contributed by atoms with Crippen LogP contribution in [0.4, 0.5) is 4.79 Å². The second kappa shape index (κ2) is 10.9. The lowest BCUT2D eigenvalue weighted by Gasteiger charge is -2.30. The van der Waals surface area contributed by atoms with Crippen molar-refractivity contribution >= 4 is 12.1 Å². The minimum absolute atomic E-state index is 0.0284. The van der Waals surface area contributed by atoms with E-state index >= 15 is 0 Å². The first-order valence-electron chi connectivity index (χ1n) is 11.8. The normalized spacial score (nSPS) is 11.6. The van der Waals surface area contributed by atoms with Crippen molar-refractivity contribution in [2.24, 2.45) is 0 Å². The number of benzene rings is 2. The van der Waals surface area contributed by atoms with E-state index in [9.17, 15) is 9.59 Å². The van der Waals surface area contributed by atoms with Gasteiger partial charge in [-0.3, -0.25) is 0 Å². The number of rotatable bonds is 7. The van der Waals surface area contributed by atoms with E-state index in [0.717, 1.165) is 24.0 Å². The van der Waals surface area contributed by atoms with Crippen LogP contribution in [0.15, 0.2) is 36.4 Å². The Morgan fingerprint density at radius 2 is 1.52 bits per heavy atom. The van der Waals surface area contributed by atoms with Gasteiger partial charge in [-0.05, 0) is 81.3 Å². The molecule has 0 heterocycles. The van der Waals surface area contributed by atoms with E-state index in [1.165, 1.54) is 5.56 Å². The van der Waals surface area contributed by atoms with Gasteiger partial charge in [0, 0.05) is 12.1 Å². The SMILES string of the molecule is CCCc1ccc(C(=O)Oc2cc(C(C)(C)C)cc(C)c2OC(=O)N(C(C)C)C(C)C)cc1. The molecule has 0 spiro atoms. The number of amides is 1. The Labute approximate surface area is 199 Å². The van der Waals surface area contributed by atoms with Gasteiger partial charge < -0.3 is 14.4 Å². The number of carbonyl (C=O) groups excluding carboxylic acids is 2. The first-order valence-corrected chi connectivity index (χ1v) is 11.8. The lowest BCUT2D eigenvalue weighted by atomic mass is 9.86. The summed E-state index contributed by atoms with van der Waals surface area (Å²) in [6.45, 7) is 18.0. The quantitative estimate of drug-likeness (QED) is 0.332. The zero-order valence-corrected chi connectivity index (χ0v) is 21.6. The Hall–Kier alpha value is -2.82. The molecule has 5 nitrogen and oxygen atoms in total. The number of esters is 1. The van der Waals surface area contributed by atoms with E-state index in [1.807, 2.05) is 52.8 Å². The Kier molecular flexibility index (Phi) is 8.70. The lowest BCUT2D eigenvalue weighted by Crippen LogP contribution is -2.43. The first kappa shape index (κ1) is 26.4. The summed E-state index contributed by atoms with van der Waals surface area (Å²) >= 11 is 0. The molecule has 1 amide bonds. The standard InChI is InChI=1S/C28H39NO4/c1-10-11-21-12-14-22(15-13-21)26(30)32-24-17-23(28(7,8)9)16-20(6)25(24)33-27(31)29(18(2)3)19(4)5/h12-19H,10-11H2,1-9H3. The van der Waals surface area contributed by atoms with Crippen molar-refractivity contribution in [3.8, 4) is 11.5 Å². The van der Waals surface area contributed by atoms with Crippen molar-refractivity contribution in [1.29, 1.82) is 0 Å². The average molecular weight is 454 g/mol. The van der Waals surface area contributed by atoms with Crippen LogP contribution in [-0.4, -0.2) is 29.0 Å². The Bertz CT molecular complexity index is 961. The molecule has 2 aromatic carbocycles. The van der Waals surface area contributed by atoms with Crippen LogP contribution in [-0.2, 0) is 11.8 Å². The molecule has 0 aliphatic carbocycles. The van der Waals surface area contributed by atoms with Gasteiger partial charge >= 0.3 is 12.1 Å². The Morgan fingerprint density at radius 1 is 0.939 bits per heavy atom. The van der Waals surface area contributed by atoms with Crippen LogP contribution in [0.2, 0.25) is 0 Å². The minimum Gasteiger partial charge on any atom is -0.419 e. The van der Waals surface area contributed by atoms with E-state index in [0.29, 0.717) is 5.56 Å². The summed E-state index contributed by atoms with van der Waals surface area (Å²) in [4.78, 5) is 27.6. The van der Waals surface area contributed by atoms with Crippen molar-refractivity contribution in [3.63, 3.8) is 0 Å². The zero-order valence-electron chi connectivity index (χ0n) is 21.6. The third-order valence-electron chi connectivity index (χ3n) is 5.55. The molecule has 0 aliphatic rings. The van der Waals surface area contributed by atoms with Gasteiger partial charge in [-0.25, -0.2) is 9.59 Å². The molecular formula is C28H39NO4. The molecule has 0 atom stereocenters. The second-order valence-electron chi connectivity index (χ2n) is 10.2. The molecule has 0 unspecified atom stereocenters. The highest BCUT2D eigenvalue weighted by atomic mass is 16.6. The summed E-state index contributed by atoms with van der Waals surface area (Å²) in [5.74, 6) is 0.0454. The van der Waals surface area contributed by atoms with Gasteiger partial charge in [-0.2, -0.15) is 0 Å². The fourth-order valence-electron chi connectivity index (χ4n) is 3.79. The summed E-state index contributed by atoms with van der Waals surface area (Å²) in [5, 5.41) is 0. The lowest BCUT2D eigenvalue weighted by molar-refractivity contribution is 0.0723. The van der Waals surface area contributed by atoms with E-state index in [1.54, 1.807) is 23.1 Å². The fourth-order valence-corrected chi connectivity index (χ4v) is 3.79. The minimum atomic E-state index is -0.481. The Morgan fingerprint density at radius 3 is 2.00 bits per heavy atom. The van der Waals surface area contributed by atoms with Gasteiger partial charge in [0.15, 0.2) is 11.5 Å². The average Bonchev–Trinajstić information content (AvgIpc) is 2.69. The van der Waals surface area contributed by atoms with Gasteiger partial charge in [0.25, 0.3) is 0 Å². The van der Waals surface area contributed by atoms with Crippen molar-refractivity contribution in [2.45, 2.75) is 92.7 Å². The molecule has 2 rings (SSSR count). The van der Waals surface area contributed by atoms with Crippen LogP contribution in [0.3, 0.4) is 0 Å². The summed E-state index contributed by atoms with van der Waals surface area (Å²) in [6, 6.07) is 11.2. The first-order chi connectivity index (χ1) is 15.3. The monoisotopic (exact) mass is 453 g/mol. The van der Waals surface area contributed by atoms with Gasteiger partial charge in [0.05, 0.1) is 5.56 Å². The molecule has 0 N–H and O–H groups in total. The van der Waals surface area contributed by atoms with Crippen molar-refractivity contribution in [1.82, 2.24) is 4.90 Å². The highest BCUT2D eigenvalue weighted by molar-refractivity contribution is 5.91. The van der Waals surface area contributed by atoms with Gasteiger partial charge in [0.1, 0.15) is 0 Å². The largest absolute Gasteiger partial charge is 0.419 e. The molecule has 2 aromatic rings. The number of aryl methyl sites for hydroxylation is 2. The summed E-state index contributed by atoms with van der Waals surface area (Å²) in [6.07, 6.45) is 1.54. The van der Waals surface area contributed by atoms with E-state index < -0.39 is 12.1 Å². The van der Waals surface area contributed by atoms with Crippen molar-refractivity contribution in [3.05, 3.63) is 58.7 Å². The molecule has 0 radical (unpaired) electrons.